The second-order valence-electron chi connectivity index (χ2n) is 5.47. The number of para-hydroxylation sites is 1. The Morgan fingerprint density at radius 1 is 1.45 bits per heavy atom. The molecule has 1 aromatic heterocycles. The molecule has 0 saturated carbocycles. The van der Waals surface area contributed by atoms with E-state index in [1.807, 2.05) is 23.6 Å². The molecule has 1 amide bonds. The molecule has 0 aliphatic carbocycles. The molecule has 0 fully saturated rings. The fourth-order valence-corrected chi connectivity index (χ4v) is 3.14. The van der Waals surface area contributed by atoms with Crippen LogP contribution in [0.3, 0.4) is 0 Å². The first-order valence-corrected chi connectivity index (χ1v) is 8.26. The molecule has 116 valence electrons. The number of carbonyl (C=O) groups is 1. The lowest BCUT2D eigenvalue weighted by molar-refractivity contribution is -0.121. The van der Waals surface area contributed by atoms with Gasteiger partial charge in [0.25, 0.3) is 0 Å². The van der Waals surface area contributed by atoms with E-state index in [9.17, 15) is 4.79 Å². The van der Waals surface area contributed by atoms with Gasteiger partial charge in [-0.15, -0.1) is 11.3 Å². The third kappa shape index (κ3) is 3.76. The van der Waals surface area contributed by atoms with Gasteiger partial charge in [-0.2, -0.15) is 0 Å². The largest absolute Gasteiger partial charge is 0.493 e. The van der Waals surface area contributed by atoms with Crippen molar-refractivity contribution in [1.29, 1.82) is 0 Å². The average molecular weight is 317 g/mol. The van der Waals surface area contributed by atoms with Gasteiger partial charge in [-0.05, 0) is 24.5 Å². The summed E-state index contributed by atoms with van der Waals surface area (Å²) in [6, 6.07) is 8.06. The van der Waals surface area contributed by atoms with Crippen molar-refractivity contribution in [2.45, 2.75) is 19.3 Å². The average Bonchev–Trinajstić information content (AvgIpc) is 2.96. The van der Waals surface area contributed by atoms with Crippen LogP contribution in [-0.4, -0.2) is 24.0 Å². The van der Waals surface area contributed by atoms with Gasteiger partial charge in [-0.3, -0.25) is 4.79 Å². The summed E-state index contributed by atoms with van der Waals surface area (Å²) in [6.07, 6.45) is 2.01. The zero-order valence-electron chi connectivity index (χ0n) is 12.2. The first kappa shape index (κ1) is 14.8. The zero-order chi connectivity index (χ0) is 15.4. The predicted octanol–water partition coefficient (Wildman–Crippen LogP) is 2.03. The van der Waals surface area contributed by atoms with Crippen LogP contribution in [0.1, 0.15) is 17.7 Å². The lowest BCUT2D eigenvalue weighted by Crippen LogP contribution is -2.34. The van der Waals surface area contributed by atoms with Gasteiger partial charge in [0.2, 0.25) is 5.91 Å². The summed E-state index contributed by atoms with van der Waals surface area (Å²) in [4.78, 5) is 16.1. The Morgan fingerprint density at radius 2 is 2.32 bits per heavy atom. The minimum absolute atomic E-state index is 0.0467. The van der Waals surface area contributed by atoms with Crippen LogP contribution >= 0.6 is 11.3 Å². The molecule has 22 heavy (non-hydrogen) atoms. The number of carbonyl (C=O) groups excluding carboxylic acids is 1. The van der Waals surface area contributed by atoms with Crippen LogP contribution in [-0.2, 0) is 17.6 Å². The van der Waals surface area contributed by atoms with Gasteiger partial charge in [-0.25, -0.2) is 4.98 Å². The van der Waals surface area contributed by atoms with Crippen LogP contribution in [0, 0.1) is 5.92 Å². The van der Waals surface area contributed by atoms with E-state index >= 15 is 0 Å². The van der Waals surface area contributed by atoms with Crippen molar-refractivity contribution in [3.8, 4) is 5.75 Å². The van der Waals surface area contributed by atoms with Crippen molar-refractivity contribution in [3.05, 3.63) is 40.9 Å². The fourth-order valence-electron chi connectivity index (χ4n) is 2.55. The van der Waals surface area contributed by atoms with Gasteiger partial charge in [0.05, 0.1) is 12.3 Å². The summed E-state index contributed by atoms with van der Waals surface area (Å²) < 4.78 is 5.73. The van der Waals surface area contributed by atoms with Crippen molar-refractivity contribution in [2.75, 3.05) is 18.9 Å². The zero-order valence-corrected chi connectivity index (χ0v) is 13.1. The van der Waals surface area contributed by atoms with Gasteiger partial charge in [0.15, 0.2) is 5.13 Å². The van der Waals surface area contributed by atoms with Gasteiger partial charge in [-0.1, -0.05) is 18.2 Å². The molecule has 6 heteroatoms. The van der Waals surface area contributed by atoms with E-state index in [1.165, 1.54) is 16.9 Å². The molecule has 0 spiro atoms. The van der Waals surface area contributed by atoms with Crippen LogP contribution in [0.5, 0.6) is 5.75 Å². The smallest absolute Gasteiger partial charge is 0.220 e. The van der Waals surface area contributed by atoms with Crippen molar-refractivity contribution < 1.29 is 9.53 Å². The normalized spacial score (nSPS) is 16.6. The number of thiazole rings is 1. The molecular formula is C16H19N3O2S. The number of rotatable bonds is 5. The number of hydrogen-bond acceptors (Lipinski definition) is 5. The molecule has 1 aliphatic heterocycles. The molecule has 1 atom stereocenters. The number of aryl methyl sites for hydroxylation is 1. The van der Waals surface area contributed by atoms with E-state index in [0.717, 1.165) is 17.9 Å². The Labute approximate surface area is 133 Å². The second kappa shape index (κ2) is 6.79. The summed E-state index contributed by atoms with van der Waals surface area (Å²) in [5, 5.41) is 5.43. The van der Waals surface area contributed by atoms with Crippen molar-refractivity contribution in [1.82, 2.24) is 10.3 Å². The monoisotopic (exact) mass is 317 g/mol. The third-order valence-corrected chi connectivity index (χ3v) is 4.44. The number of anilines is 1. The highest BCUT2D eigenvalue weighted by molar-refractivity contribution is 7.13. The van der Waals surface area contributed by atoms with Crippen molar-refractivity contribution in [3.63, 3.8) is 0 Å². The molecule has 3 N–H and O–H groups in total. The number of nitrogens with one attached hydrogen (secondary N) is 1. The van der Waals surface area contributed by atoms with Crippen LogP contribution in [0.4, 0.5) is 5.13 Å². The van der Waals surface area contributed by atoms with E-state index in [2.05, 4.69) is 16.4 Å². The minimum Gasteiger partial charge on any atom is -0.493 e. The van der Waals surface area contributed by atoms with Gasteiger partial charge in [0, 0.05) is 24.3 Å². The van der Waals surface area contributed by atoms with Crippen LogP contribution < -0.4 is 15.8 Å². The molecule has 0 saturated heterocycles. The molecule has 0 unspecified atom stereocenters. The van der Waals surface area contributed by atoms with E-state index in [0.29, 0.717) is 37.0 Å². The highest BCUT2D eigenvalue weighted by atomic mass is 32.1. The Kier molecular flexibility index (Phi) is 4.58. The minimum atomic E-state index is 0.0467. The van der Waals surface area contributed by atoms with E-state index in [-0.39, 0.29) is 5.91 Å². The van der Waals surface area contributed by atoms with Gasteiger partial charge >= 0.3 is 0 Å². The van der Waals surface area contributed by atoms with E-state index in [4.69, 9.17) is 10.5 Å². The standard InChI is InChI=1S/C16H19N3O2S/c17-16-19-13(10-22-16)5-6-15(20)18-8-11-7-12-3-1-2-4-14(12)21-9-11/h1-4,10-11H,5-9H2,(H2,17,19)(H,18,20)/t11-/m0/s1. The first-order chi connectivity index (χ1) is 10.7. The Morgan fingerprint density at radius 3 is 3.14 bits per heavy atom. The number of nitrogens with zero attached hydrogens (tertiary/aromatic N) is 1. The summed E-state index contributed by atoms with van der Waals surface area (Å²) >= 11 is 1.40. The van der Waals surface area contributed by atoms with Crippen molar-refractivity contribution >= 4 is 22.4 Å². The third-order valence-electron chi connectivity index (χ3n) is 3.72. The summed E-state index contributed by atoms with van der Waals surface area (Å²) in [6.45, 7) is 1.30. The van der Waals surface area contributed by atoms with Crippen LogP contribution in [0.25, 0.3) is 0 Å². The molecule has 5 nitrogen and oxygen atoms in total. The van der Waals surface area contributed by atoms with Crippen molar-refractivity contribution in [2.24, 2.45) is 5.92 Å². The van der Waals surface area contributed by atoms with Crippen LogP contribution in [0.15, 0.2) is 29.6 Å². The molecule has 2 heterocycles. The van der Waals surface area contributed by atoms with Crippen LogP contribution in [0.2, 0.25) is 0 Å². The first-order valence-electron chi connectivity index (χ1n) is 7.38. The highest BCUT2D eigenvalue weighted by Crippen LogP contribution is 2.26. The Bertz CT molecular complexity index is 656. The number of benzene rings is 1. The number of nitrogens with two attached hydrogens (primary N) is 1. The molecular weight excluding hydrogens is 298 g/mol. The maximum absolute atomic E-state index is 11.9. The maximum Gasteiger partial charge on any atom is 0.220 e. The fraction of sp³-hybridized carbons (Fsp3) is 0.375. The molecule has 3 rings (SSSR count). The number of aromatic nitrogens is 1. The lowest BCUT2D eigenvalue weighted by atomic mass is 9.97. The number of nitrogen functional groups attached to an aromatic ring is 1. The molecule has 1 aliphatic rings. The predicted molar refractivity (Wildman–Crippen MR) is 87.0 cm³/mol. The quantitative estimate of drug-likeness (QED) is 0.884. The number of ether oxygens (including phenoxy) is 1. The number of hydrogen-bond donors (Lipinski definition) is 2. The summed E-state index contributed by atoms with van der Waals surface area (Å²) in [5.74, 6) is 1.34. The maximum atomic E-state index is 11.9. The van der Waals surface area contributed by atoms with Gasteiger partial charge < -0.3 is 15.8 Å². The lowest BCUT2D eigenvalue weighted by Gasteiger charge is -2.25. The summed E-state index contributed by atoms with van der Waals surface area (Å²) in [5.41, 5.74) is 7.67. The molecule has 1 aromatic carbocycles. The van der Waals surface area contributed by atoms with Gasteiger partial charge in [0.1, 0.15) is 5.75 Å². The second-order valence-corrected chi connectivity index (χ2v) is 6.36. The Hall–Kier alpha value is -2.08. The topological polar surface area (TPSA) is 77.2 Å². The van der Waals surface area contributed by atoms with E-state index < -0.39 is 0 Å². The molecule has 0 radical (unpaired) electrons. The highest BCUT2D eigenvalue weighted by Gasteiger charge is 2.19. The van der Waals surface area contributed by atoms with E-state index in [1.54, 1.807) is 0 Å². The number of amides is 1. The molecule has 0 bridgehead atoms. The number of fused-ring (bicyclic) bond motifs is 1. The molecule has 2 aromatic rings. The Balaban J connectivity index is 1.42. The summed E-state index contributed by atoms with van der Waals surface area (Å²) in [7, 11) is 0. The SMILES string of the molecule is Nc1nc(CCC(=O)NC[C@H]2COc3ccccc3C2)cs1.